The molecule has 2 rings (SSSR count). The maximum Gasteiger partial charge on any atom is 0.251 e. The molecule has 0 bridgehead atoms. The number of para-hydroxylation sites is 1. The lowest BCUT2D eigenvalue weighted by atomic mass is 10.1. The van der Waals surface area contributed by atoms with Crippen LogP contribution in [0.1, 0.15) is 36.2 Å². The number of hydrogen-bond acceptors (Lipinski definition) is 3. The molecule has 0 aliphatic carbocycles. The Hall–Kier alpha value is -2.27. The zero-order valence-electron chi connectivity index (χ0n) is 15.3. The average molecular weight is 371 g/mol. The molecule has 5 heteroatoms. The molecule has 0 fully saturated rings. The number of rotatable bonds is 9. The van der Waals surface area contributed by atoms with Crippen LogP contribution in [0.4, 0.5) is 5.69 Å². The Morgan fingerprint density at radius 3 is 2.35 bits per heavy atom. The zero-order chi connectivity index (χ0) is 18.8. The molecule has 2 aromatic carbocycles. The van der Waals surface area contributed by atoms with Gasteiger partial charge in [0.25, 0.3) is 5.91 Å². The van der Waals surface area contributed by atoms with Gasteiger partial charge in [-0.3, -0.25) is 9.59 Å². The van der Waals surface area contributed by atoms with Gasteiger partial charge >= 0.3 is 0 Å². The minimum absolute atomic E-state index is 0.0117. The highest BCUT2D eigenvalue weighted by Crippen LogP contribution is 2.14. The predicted octanol–water partition coefficient (Wildman–Crippen LogP) is 4.33. The monoisotopic (exact) mass is 370 g/mol. The van der Waals surface area contributed by atoms with Gasteiger partial charge in [-0.2, -0.15) is 0 Å². The van der Waals surface area contributed by atoms with Crippen molar-refractivity contribution in [3.8, 4) is 0 Å². The Bertz CT molecular complexity index is 700. The third-order valence-corrected chi connectivity index (χ3v) is 4.79. The van der Waals surface area contributed by atoms with Gasteiger partial charge < -0.3 is 10.6 Å². The molecule has 0 saturated heterocycles. The predicted molar refractivity (Wildman–Crippen MR) is 109 cm³/mol. The van der Waals surface area contributed by atoms with E-state index in [1.165, 1.54) is 0 Å². The summed E-state index contributed by atoms with van der Waals surface area (Å²) in [5.74, 6) is 1.66. The fourth-order valence-electron chi connectivity index (χ4n) is 2.31. The van der Waals surface area contributed by atoms with E-state index >= 15 is 0 Å². The van der Waals surface area contributed by atoms with E-state index < -0.39 is 0 Å². The molecule has 0 radical (unpaired) electrons. The van der Waals surface area contributed by atoms with Crippen LogP contribution in [0.15, 0.2) is 54.6 Å². The maximum absolute atomic E-state index is 12.0. The topological polar surface area (TPSA) is 58.2 Å². The van der Waals surface area contributed by atoms with Gasteiger partial charge in [-0.05, 0) is 42.2 Å². The molecule has 0 aliphatic rings. The first-order chi connectivity index (χ1) is 12.5. The number of anilines is 1. The summed E-state index contributed by atoms with van der Waals surface area (Å²) in [6.45, 7) is 4.97. The van der Waals surface area contributed by atoms with E-state index in [-0.39, 0.29) is 11.8 Å². The van der Waals surface area contributed by atoms with Gasteiger partial charge in [-0.15, -0.1) is 11.8 Å². The van der Waals surface area contributed by atoms with Crippen molar-refractivity contribution in [2.24, 2.45) is 5.92 Å². The van der Waals surface area contributed by atoms with Crippen molar-refractivity contribution < 1.29 is 9.59 Å². The molecule has 0 spiro atoms. The zero-order valence-corrected chi connectivity index (χ0v) is 16.1. The van der Waals surface area contributed by atoms with Crippen molar-refractivity contribution >= 4 is 29.3 Å². The van der Waals surface area contributed by atoms with Gasteiger partial charge in [0, 0.05) is 23.5 Å². The number of benzene rings is 2. The molecule has 2 aromatic rings. The van der Waals surface area contributed by atoms with E-state index in [0.29, 0.717) is 23.8 Å². The van der Waals surface area contributed by atoms with Gasteiger partial charge in [0.1, 0.15) is 0 Å². The Labute approximate surface area is 159 Å². The molecule has 0 aliphatic heterocycles. The van der Waals surface area contributed by atoms with E-state index in [1.54, 1.807) is 11.8 Å². The number of carbonyl (C=O) groups is 2. The second kappa shape index (κ2) is 10.7. The third-order valence-electron chi connectivity index (χ3n) is 3.78. The normalized spacial score (nSPS) is 10.6. The highest BCUT2D eigenvalue weighted by molar-refractivity contribution is 7.99. The van der Waals surface area contributed by atoms with Crippen LogP contribution in [0.5, 0.6) is 0 Å². The van der Waals surface area contributed by atoms with Crippen LogP contribution >= 0.6 is 11.8 Å². The summed E-state index contributed by atoms with van der Waals surface area (Å²) in [5.41, 5.74) is 2.58. The second-order valence-corrected chi connectivity index (χ2v) is 7.53. The third kappa shape index (κ3) is 7.31. The van der Waals surface area contributed by atoms with E-state index in [1.807, 2.05) is 54.6 Å². The smallest absolute Gasteiger partial charge is 0.251 e. The number of thioether (sulfide) groups is 1. The van der Waals surface area contributed by atoms with Gasteiger partial charge in [-0.1, -0.05) is 44.2 Å². The molecule has 26 heavy (non-hydrogen) atoms. The van der Waals surface area contributed by atoms with Crippen LogP contribution in [0.2, 0.25) is 0 Å². The van der Waals surface area contributed by atoms with Crippen LogP contribution in [0.3, 0.4) is 0 Å². The molecular formula is C21H26N2O2S. The van der Waals surface area contributed by atoms with Crippen molar-refractivity contribution in [2.75, 3.05) is 17.6 Å². The fraction of sp³-hybridized carbons (Fsp3) is 0.333. The van der Waals surface area contributed by atoms with Crippen molar-refractivity contribution in [1.82, 2.24) is 5.32 Å². The van der Waals surface area contributed by atoms with Gasteiger partial charge in [0.2, 0.25) is 5.91 Å². The highest BCUT2D eigenvalue weighted by atomic mass is 32.2. The second-order valence-electron chi connectivity index (χ2n) is 6.54. The first kappa shape index (κ1) is 20.0. The Balaban J connectivity index is 1.71. The van der Waals surface area contributed by atoms with Crippen molar-refractivity contribution in [1.29, 1.82) is 0 Å². The summed E-state index contributed by atoms with van der Waals surface area (Å²) in [7, 11) is 0. The minimum Gasteiger partial charge on any atom is -0.352 e. The highest BCUT2D eigenvalue weighted by Gasteiger charge is 2.06. The fourth-order valence-corrected chi connectivity index (χ4v) is 3.10. The van der Waals surface area contributed by atoms with Crippen LogP contribution < -0.4 is 10.6 Å². The molecule has 0 saturated carbocycles. The van der Waals surface area contributed by atoms with E-state index in [0.717, 1.165) is 23.4 Å². The lowest BCUT2D eigenvalue weighted by molar-refractivity contribution is -0.113. The van der Waals surface area contributed by atoms with Crippen molar-refractivity contribution in [2.45, 2.75) is 26.0 Å². The first-order valence-electron chi connectivity index (χ1n) is 8.84. The first-order valence-corrected chi connectivity index (χ1v) is 10.00. The van der Waals surface area contributed by atoms with Crippen LogP contribution in [0, 0.1) is 5.92 Å². The van der Waals surface area contributed by atoms with E-state index in [9.17, 15) is 9.59 Å². The Morgan fingerprint density at radius 1 is 1.00 bits per heavy atom. The van der Waals surface area contributed by atoms with Gasteiger partial charge in [0.15, 0.2) is 0 Å². The molecule has 2 amide bonds. The molecule has 4 nitrogen and oxygen atoms in total. The van der Waals surface area contributed by atoms with Crippen molar-refractivity contribution in [3.05, 3.63) is 65.7 Å². The summed E-state index contributed by atoms with van der Waals surface area (Å²) in [6, 6.07) is 17.0. The lowest BCUT2D eigenvalue weighted by Crippen LogP contribution is -2.25. The Kier molecular flexibility index (Phi) is 8.22. The number of hydrogen-bond donors (Lipinski definition) is 2. The molecule has 0 atom stereocenters. The number of nitrogens with one attached hydrogen (secondary N) is 2. The quantitative estimate of drug-likeness (QED) is 0.690. The van der Waals surface area contributed by atoms with E-state index in [2.05, 4.69) is 24.5 Å². The molecule has 2 N–H and O–H groups in total. The minimum atomic E-state index is -0.0351. The molecular weight excluding hydrogens is 344 g/mol. The summed E-state index contributed by atoms with van der Waals surface area (Å²) >= 11 is 1.55. The van der Waals surface area contributed by atoms with Crippen molar-refractivity contribution in [3.63, 3.8) is 0 Å². The van der Waals surface area contributed by atoms with Gasteiger partial charge in [-0.25, -0.2) is 0 Å². The lowest BCUT2D eigenvalue weighted by Gasteiger charge is -2.08. The SMILES string of the molecule is CC(C)CCNC(=O)c1ccc(CSCC(=O)Nc2ccccc2)cc1. The molecule has 0 aromatic heterocycles. The largest absolute Gasteiger partial charge is 0.352 e. The number of amides is 2. The summed E-state index contributed by atoms with van der Waals surface area (Å²) < 4.78 is 0. The number of carbonyl (C=O) groups excluding carboxylic acids is 2. The average Bonchev–Trinajstić information content (AvgIpc) is 2.62. The van der Waals surface area contributed by atoms with Crippen LogP contribution in [-0.4, -0.2) is 24.1 Å². The van der Waals surface area contributed by atoms with E-state index in [4.69, 9.17) is 0 Å². The standard InChI is InChI=1S/C21H26N2O2S/c1-16(2)12-13-22-21(25)18-10-8-17(9-11-18)14-26-15-20(24)23-19-6-4-3-5-7-19/h3-11,16H,12-15H2,1-2H3,(H,22,25)(H,23,24). The Morgan fingerprint density at radius 2 is 1.69 bits per heavy atom. The molecule has 138 valence electrons. The molecule has 0 heterocycles. The van der Waals surface area contributed by atoms with Crippen LogP contribution in [-0.2, 0) is 10.5 Å². The molecule has 0 unspecified atom stereocenters. The summed E-state index contributed by atoms with van der Waals surface area (Å²) in [4.78, 5) is 24.0. The summed E-state index contributed by atoms with van der Waals surface area (Å²) in [6.07, 6.45) is 0.978. The van der Waals surface area contributed by atoms with Crippen LogP contribution in [0.25, 0.3) is 0 Å². The van der Waals surface area contributed by atoms with Gasteiger partial charge in [0.05, 0.1) is 5.75 Å². The maximum atomic E-state index is 12.0. The summed E-state index contributed by atoms with van der Waals surface area (Å²) in [5, 5.41) is 5.80.